The van der Waals surface area contributed by atoms with Crippen LogP contribution >= 0.6 is 25.6 Å². The van der Waals surface area contributed by atoms with Gasteiger partial charge in [0, 0.05) is 0 Å². The molecule has 0 aromatic carbocycles. The van der Waals surface area contributed by atoms with Crippen molar-refractivity contribution < 1.29 is 40.5 Å². The van der Waals surface area contributed by atoms with Crippen LogP contribution in [0.2, 0.25) is 0 Å². The molecule has 0 spiro atoms. The number of methoxy groups -OCH3 is 1. The first-order valence-electron chi connectivity index (χ1n) is 1.44. The van der Waals surface area contributed by atoms with Gasteiger partial charge < -0.3 is 6.16 Å². The van der Waals surface area contributed by atoms with Crippen molar-refractivity contribution in [1.82, 2.24) is 3.71 Å². The predicted octanol–water partition coefficient (Wildman–Crippen LogP) is -2.14. The Labute approximate surface area is 82.6 Å². The quantitative estimate of drug-likeness (QED) is 0.315. The molecule has 0 aliphatic rings. The van der Waals surface area contributed by atoms with Gasteiger partial charge in [0.1, 0.15) is 0 Å². The van der Waals surface area contributed by atoms with Crippen molar-refractivity contribution >= 4 is 31.7 Å². The number of rotatable bonds is 0. The Morgan fingerprint density at radius 3 is 2.12 bits per heavy atom. The van der Waals surface area contributed by atoms with E-state index >= 15 is 0 Å². The van der Waals surface area contributed by atoms with Gasteiger partial charge in [-0.25, -0.2) is 4.79 Å². The number of thiol groups is 2. The molecular formula is C2H6NNaO2S2. The summed E-state index contributed by atoms with van der Waals surface area (Å²) in [5, 5.41) is 0. The fourth-order valence-corrected chi connectivity index (χ4v) is 0.245. The third-order valence-electron chi connectivity index (χ3n) is 0.338. The second kappa shape index (κ2) is 6.10. The third kappa shape index (κ3) is 5.11. The minimum atomic E-state index is -0.591. The first-order chi connectivity index (χ1) is 3.18. The number of carbonyl (C=O) groups excluding carboxylic acids is 1. The van der Waals surface area contributed by atoms with E-state index in [-0.39, 0.29) is 31.0 Å². The molecule has 0 atom stereocenters. The third-order valence-corrected chi connectivity index (χ3v) is 0.665. The smallest absolute Gasteiger partial charge is 1.00 e. The van der Waals surface area contributed by atoms with Crippen molar-refractivity contribution in [2.24, 2.45) is 0 Å². The van der Waals surface area contributed by atoms with Gasteiger partial charge in [0.15, 0.2) is 0 Å². The molecule has 0 aromatic heterocycles. The standard InChI is InChI=1S/C2H5NO2S2.Na.H/c1-5-2(4)3(6)7;;/h6-7H,1H3;;/q;+1;-1. The Morgan fingerprint density at radius 2 is 2.12 bits per heavy atom. The average Bonchev–Trinajstić information content (AvgIpc) is 1.65. The van der Waals surface area contributed by atoms with E-state index in [4.69, 9.17) is 0 Å². The Hall–Kier alpha value is 0.970. The zero-order valence-electron chi connectivity index (χ0n) is 5.66. The number of carbonyl (C=O) groups is 1. The summed E-state index contributed by atoms with van der Waals surface area (Å²) in [5.74, 6) is 0. The molecule has 0 N–H and O–H groups in total. The fourth-order valence-electron chi connectivity index (χ4n) is 0.0816. The van der Waals surface area contributed by atoms with Gasteiger partial charge >= 0.3 is 35.7 Å². The molecule has 0 aromatic rings. The minimum absolute atomic E-state index is 0. The molecule has 3 nitrogen and oxygen atoms in total. The summed E-state index contributed by atoms with van der Waals surface area (Å²) in [6, 6.07) is 0. The Kier molecular flexibility index (Phi) is 8.94. The number of hydrogen-bond donors (Lipinski definition) is 2. The molecule has 0 heterocycles. The molecular weight excluding hydrogens is 157 g/mol. The fraction of sp³-hybridized carbons (Fsp3) is 0.500. The Bertz CT molecular complexity index is 83.0. The zero-order valence-corrected chi connectivity index (χ0v) is 8.45. The topological polar surface area (TPSA) is 29.5 Å². The van der Waals surface area contributed by atoms with E-state index in [1.54, 1.807) is 0 Å². The molecule has 0 aliphatic carbocycles. The van der Waals surface area contributed by atoms with Crippen molar-refractivity contribution in [3.63, 3.8) is 0 Å². The van der Waals surface area contributed by atoms with Crippen LogP contribution in [-0.4, -0.2) is 16.9 Å². The maximum absolute atomic E-state index is 10.1. The van der Waals surface area contributed by atoms with Crippen LogP contribution in [-0.2, 0) is 4.74 Å². The maximum atomic E-state index is 10.1. The molecule has 0 bridgehead atoms. The van der Waals surface area contributed by atoms with Crippen molar-refractivity contribution in [2.75, 3.05) is 7.11 Å². The molecule has 0 rings (SSSR count). The first kappa shape index (κ1) is 11.7. The predicted molar refractivity (Wildman–Crippen MR) is 33.3 cm³/mol. The number of amides is 1. The normalized spacial score (nSPS) is 6.88. The monoisotopic (exact) mass is 163 g/mol. The summed E-state index contributed by atoms with van der Waals surface area (Å²) in [7, 11) is 1.25. The largest absolute Gasteiger partial charge is 1.00 e. The molecule has 0 saturated heterocycles. The van der Waals surface area contributed by atoms with Crippen molar-refractivity contribution in [3.05, 3.63) is 0 Å². The first-order valence-corrected chi connectivity index (χ1v) is 2.24. The van der Waals surface area contributed by atoms with Gasteiger partial charge in [0.2, 0.25) is 0 Å². The summed E-state index contributed by atoms with van der Waals surface area (Å²) in [4.78, 5) is 10.1. The van der Waals surface area contributed by atoms with Crippen LogP contribution in [0.3, 0.4) is 0 Å². The van der Waals surface area contributed by atoms with E-state index in [1.807, 2.05) is 0 Å². The van der Waals surface area contributed by atoms with Crippen LogP contribution in [0.15, 0.2) is 0 Å². The summed E-state index contributed by atoms with van der Waals surface area (Å²) in [6.07, 6.45) is -0.591. The van der Waals surface area contributed by atoms with Crippen LogP contribution in [0.25, 0.3) is 0 Å². The molecule has 0 radical (unpaired) electrons. The van der Waals surface area contributed by atoms with Gasteiger partial charge in [-0.3, -0.25) is 0 Å². The van der Waals surface area contributed by atoms with Crippen LogP contribution in [0.1, 0.15) is 1.43 Å². The van der Waals surface area contributed by atoms with Gasteiger partial charge in [-0.05, 0) is 25.6 Å². The van der Waals surface area contributed by atoms with Crippen molar-refractivity contribution in [3.8, 4) is 0 Å². The second-order valence-corrected chi connectivity index (χ2v) is 1.88. The van der Waals surface area contributed by atoms with Gasteiger partial charge in [-0.2, -0.15) is 3.71 Å². The molecule has 1 amide bonds. The molecule has 0 saturated carbocycles. The van der Waals surface area contributed by atoms with Gasteiger partial charge in [0.05, 0.1) is 7.11 Å². The molecule has 0 unspecified atom stereocenters. The SMILES string of the molecule is COC(=O)N(S)S.[H-].[Na+]. The summed E-state index contributed by atoms with van der Waals surface area (Å²) >= 11 is 6.99. The number of hydrogen-bond acceptors (Lipinski definition) is 4. The number of nitrogens with zero attached hydrogens (tertiary/aromatic N) is 1. The zero-order chi connectivity index (χ0) is 5.86. The van der Waals surface area contributed by atoms with Crippen molar-refractivity contribution in [2.45, 2.75) is 0 Å². The molecule has 0 aliphatic heterocycles. The minimum Gasteiger partial charge on any atom is -1.00 e. The van der Waals surface area contributed by atoms with Crippen LogP contribution in [0.5, 0.6) is 0 Å². The van der Waals surface area contributed by atoms with Crippen LogP contribution in [0.4, 0.5) is 4.79 Å². The average molecular weight is 163 g/mol. The molecule has 6 heteroatoms. The van der Waals surface area contributed by atoms with Crippen LogP contribution < -0.4 is 29.6 Å². The summed E-state index contributed by atoms with van der Waals surface area (Å²) in [6.45, 7) is 0. The second-order valence-electron chi connectivity index (χ2n) is 0.759. The maximum Gasteiger partial charge on any atom is 1.00 e. The molecule has 0 fully saturated rings. The Morgan fingerprint density at radius 1 is 1.75 bits per heavy atom. The van der Waals surface area contributed by atoms with Gasteiger partial charge in [0.25, 0.3) is 0 Å². The molecule has 8 heavy (non-hydrogen) atoms. The van der Waals surface area contributed by atoms with E-state index in [1.165, 1.54) is 7.11 Å². The summed E-state index contributed by atoms with van der Waals surface area (Å²) < 4.78 is 4.90. The van der Waals surface area contributed by atoms with E-state index < -0.39 is 6.09 Å². The van der Waals surface area contributed by atoms with E-state index in [2.05, 4.69) is 30.4 Å². The van der Waals surface area contributed by atoms with E-state index in [0.717, 1.165) is 3.71 Å². The van der Waals surface area contributed by atoms with Gasteiger partial charge in [-0.15, -0.1) is 0 Å². The summed E-state index contributed by atoms with van der Waals surface area (Å²) in [5.41, 5.74) is 0. The van der Waals surface area contributed by atoms with Gasteiger partial charge in [-0.1, -0.05) is 0 Å². The Balaban J connectivity index is -0.000000180. The van der Waals surface area contributed by atoms with E-state index in [9.17, 15) is 4.79 Å². The van der Waals surface area contributed by atoms with E-state index in [0.29, 0.717) is 0 Å². The molecule has 44 valence electrons. The van der Waals surface area contributed by atoms with Crippen molar-refractivity contribution in [1.29, 1.82) is 0 Å². The van der Waals surface area contributed by atoms with Crippen LogP contribution in [0, 0.1) is 0 Å². The number of ether oxygens (including phenoxy) is 1.